The maximum absolute atomic E-state index is 12.9. The Hall–Kier alpha value is -2.05. The molecule has 0 unspecified atom stereocenters. The van der Waals surface area contributed by atoms with E-state index < -0.39 is 10.0 Å². The monoisotopic (exact) mass is 406 g/mol. The molecule has 3 rings (SSSR count). The summed E-state index contributed by atoms with van der Waals surface area (Å²) in [4.78, 5) is 14.4. The Morgan fingerprint density at radius 1 is 1.07 bits per heavy atom. The number of rotatable bonds is 4. The first-order valence-corrected chi connectivity index (χ1v) is 10.8. The Bertz CT molecular complexity index is 967. The molecule has 0 spiro atoms. The molecule has 0 aromatic heterocycles. The molecule has 0 radical (unpaired) electrons. The van der Waals surface area contributed by atoms with Gasteiger partial charge in [-0.3, -0.25) is 9.52 Å². The first-order chi connectivity index (χ1) is 12.8. The molecule has 0 aliphatic carbocycles. The number of aryl methyl sites for hydroxylation is 1. The highest BCUT2D eigenvalue weighted by atomic mass is 35.5. The normalized spacial score (nSPS) is 14.9. The fraction of sp³-hybridized carbons (Fsp3) is 0.350. The second kappa shape index (κ2) is 7.90. The summed E-state index contributed by atoms with van der Waals surface area (Å²) in [6.45, 7) is 5.16. The van der Waals surface area contributed by atoms with Gasteiger partial charge < -0.3 is 4.90 Å². The van der Waals surface area contributed by atoms with Crippen LogP contribution in [0.4, 0.5) is 5.69 Å². The molecule has 1 heterocycles. The van der Waals surface area contributed by atoms with E-state index in [0.29, 0.717) is 24.3 Å². The van der Waals surface area contributed by atoms with Gasteiger partial charge in [-0.25, -0.2) is 8.42 Å². The molecule has 1 aliphatic rings. The van der Waals surface area contributed by atoms with Crippen molar-refractivity contribution < 1.29 is 13.2 Å². The largest absolute Gasteiger partial charge is 0.339 e. The molecule has 27 heavy (non-hydrogen) atoms. The zero-order chi connectivity index (χ0) is 19.6. The zero-order valence-electron chi connectivity index (χ0n) is 15.5. The molecule has 1 amide bonds. The summed E-state index contributed by atoms with van der Waals surface area (Å²) < 4.78 is 28.4. The van der Waals surface area contributed by atoms with E-state index in [9.17, 15) is 13.2 Å². The van der Waals surface area contributed by atoms with Gasteiger partial charge in [0.15, 0.2) is 0 Å². The molecule has 0 bridgehead atoms. The number of halogens is 1. The van der Waals surface area contributed by atoms with Gasteiger partial charge in [0.1, 0.15) is 4.90 Å². The van der Waals surface area contributed by atoms with Crippen LogP contribution in [0.25, 0.3) is 0 Å². The number of piperidine rings is 1. The molecule has 1 aliphatic heterocycles. The van der Waals surface area contributed by atoms with Crippen LogP contribution >= 0.6 is 11.6 Å². The van der Waals surface area contributed by atoms with Crippen molar-refractivity contribution in [2.45, 2.75) is 38.0 Å². The quantitative estimate of drug-likeness (QED) is 0.819. The van der Waals surface area contributed by atoms with Gasteiger partial charge >= 0.3 is 0 Å². The second-order valence-corrected chi connectivity index (χ2v) is 8.91. The first-order valence-electron chi connectivity index (χ1n) is 8.97. The lowest BCUT2D eigenvalue weighted by molar-refractivity contribution is 0.0724. The van der Waals surface area contributed by atoms with E-state index in [1.807, 2.05) is 19.9 Å². The summed E-state index contributed by atoms with van der Waals surface area (Å²) >= 11 is 6.16. The third-order valence-electron chi connectivity index (χ3n) is 4.96. The summed E-state index contributed by atoms with van der Waals surface area (Å²) in [5, 5.41) is 0.0861. The third kappa shape index (κ3) is 4.28. The second-order valence-electron chi connectivity index (χ2n) is 6.85. The highest BCUT2D eigenvalue weighted by Gasteiger charge is 2.24. The molecular weight excluding hydrogens is 384 g/mol. The molecular formula is C20H23ClN2O3S. The van der Waals surface area contributed by atoms with E-state index in [2.05, 4.69) is 4.72 Å². The van der Waals surface area contributed by atoms with Crippen molar-refractivity contribution >= 4 is 33.2 Å². The molecule has 2 aromatic rings. The van der Waals surface area contributed by atoms with Crippen LogP contribution in [-0.2, 0) is 10.0 Å². The number of carbonyl (C=O) groups is 1. The number of carbonyl (C=O) groups excluding carboxylic acids is 1. The maximum atomic E-state index is 12.9. The SMILES string of the molecule is Cc1cccc(NS(=O)(=O)c2cc(C(=O)N3CCCCC3)ccc2Cl)c1C. The van der Waals surface area contributed by atoms with Crippen LogP contribution in [0.15, 0.2) is 41.3 Å². The van der Waals surface area contributed by atoms with Crippen molar-refractivity contribution in [1.82, 2.24) is 4.90 Å². The molecule has 1 fully saturated rings. The number of amides is 1. The fourth-order valence-electron chi connectivity index (χ4n) is 3.18. The Morgan fingerprint density at radius 3 is 2.48 bits per heavy atom. The molecule has 1 saturated heterocycles. The number of sulfonamides is 1. The van der Waals surface area contributed by atoms with Gasteiger partial charge in [-0.2, -0.15) is 0 Å². The summed E-state index contributed by atoms with van der Waals surface area (Å²) in [6.07, 6.45) is 3.06. The fourth-order valence-corrected chi connectivity index (χ4v) is 4.83. The Labute approximate surface area is 165 Å². The number of benzene rings is 2. The number of hydrogen-bond donors (Lipinski definition) is 1. The lowest BCUT2D eigenvalue weighted by Crippen LogP contribution is -2.35. The van der Waals surface area contributed by atoms with Gasteiger partial charge in [0, 0.05) is 18.7 Å². The average molecular weight is 407 g/mol. The summed E-state index contributed by atoms with van der Waals surface area (Å²) in [5.74, 6) is -0.158. The number of anilines is 1. The van der Waals surface area contributed by atoms with E-state index in [0.717, 1.165) is 30.4 Å². The van der Waals surface area contributed by atoms with Crippen LogP contribution in [0.3, 0.4) is 0 Å². The van der Waals surface area contributed by atoms with Crippen LogP contribution in [0.2, 0.25) is 5.02 Å². The van der Waals surface area contributed by atoms with Gasteiger partial charge in [-0.05, 0) is 68.5 Å². The highest BCUT2D eigenvalue weighted by Crippen LogP contribution is 2.28. The van der Waals surface area contributed by atoms with Crippen molar-refractivity contribution in [3.05, 3.63) is 58.1 Å². The van der Waals surface area contributed by atoms with Crippen molar-refractivity contribution in [3.8, 4) is 0 Å². The van der Waals surface area contributed by atoms with Gasteiger partial charge in [-0.1, -0.05) is 23.7 Å². The topological polar surface area (TPSA) is 66.5 Å². The third-order valence-corrected chi connectivity index (χ3v) is 6.81. The minimum Gasteiger partial charge on any atom is -0.339 e. The number of nitrogens with one attached hydrogen (secondary N) is 1. The van der Waals surface area contributed by atoms with E-state index in [1.54, 1.807) is 23.1 Å². The van der Waals surface area contributed by atoms with Gasteiger partial charge in [0.05, 0.1) is 10.7 Å². The van der Waals surface area contributed by atoms with Crippen molar-refractivity contribution in [3.63, 3.8) is 0 Å². The summed E-state index contributed by atoms with van der Waals surface area (Å²) in [7, 11) is -3.92. The van der Waals surface area contributed by atoms with E-state index in [4.69, 9.17) is 11.6 Å². The van der Waals surface area contributed by atoms with Crippen LogP contribution in [-0.4, -0.2) is 32.3 Å². The molecule has 5 nitrogen and oxygen atoms in total. The minimum absolute atomic E-state index is 0.0861. The predicted octanol–water partition coefficient (Wildman–Crippen LogP) is 4.38. The first kappa shape index (κ1) is 19.7. The van der Waals surface area contributed by atoms with Crippen LogP contribution in [0.5, 0.6) is 0 Å². The highest BCUT2D eigenvalue weighted by molar-refractivity contribution is 7.92. The zero-order valence-corrected chi connectivity index (χ0v) is 17.0. The van der Waals surface area contributed by atoms with Crippen LogP contribution < -0.4 is 4.72 Å². The van der Waals surface area contributed by atoms with E-state index in [1.165, 1.54) is 12.1 Å². The average Bonchev–Trinajstić information content (AvgIpc) is 2.66. The van der Waals surface area contributed by atoms with E-state index in [-0.39, 0.29) is 15.8 Å². The minimum atomic E-state index is -3.92. The summed E-state index contributed by atoms with van der Waals surface area (Å²) in [6, 6.07) is 9.83. The molecule has 0 atom stereocenters. The Balaban J connectivity index is 1.93. The number of likely N-dealkylation sites (tertiary alicyclic amines) is 1. The Morgan fingerprint density at radius 2 is 1.78 bits per heavy atom. The van der Waals surface area contributed by atoms with Crippen molar-refractivity contribution in [2.24, 2.45) is 0 Å². The number of hydrogen-bond acceptors (Lipinski definition) is 3. The Kier molecular flexibility index (Phi) is 5.77. The van der Waals surface area contributed by atoms with Gasteiger partial charge in [0.2, 0.25) is 0 Å². The molecule has 0 saturated carbocycles. The standard InChI is InChI=1S/C20H23ClN2O3S/c1-14-7-6-8-18(15(14)2)22-27(25,26)19-13-16(9-10-17(19)21)20(24)23-11-4-3-5-12-23/h6-10,13,22H,3-5,11-12H2,1-2H3. The molecule has 2 aromatic carbocycles. The van der Waals surface area contributed by atoms with Crippen LogP contribution in [0.1, 0.15) is 40.7 Å². The lowest BCUT2D eigenvalue weighted by atomic mass is 10.1. The molecule has 1 N–H and O–H groups in total. The maximum Gasteiger partial charge on any atom is 0.263 e. The molecule has 7 heteroatoms. The predicted molar refractivity (Wildman–Crippen MR) is 108 cm³/mol. The van der Waals surface area contributed by atoms with Crippen molar-refractivity contribution in [1.29, 1.82) is 0 Å². The van der Waals surface area contributed by atoms with E-state index >= 15 is 0 Å². The summed E-state index contributed by atoms with van der Waals surface area (Å²) in [5.41, 5.74) is 2.66. The number of nitrogens with zero attached hydrogens (tertiary/aromatic N) is 1. The smallest absolute Gasteiger partial charge is 0.263 e. The van der Waals surface area contributed by atoms with Crippen molar-refractivity contribution in [2.75, 3.05) is 17.8 Å². The molecule has 144 valence electrons. The van der Waals surface area contributed by atoms with Gasteiger partial charge in [0.25, 0.3) is 15.9 Å². The van der Waals surface area contributed by atoms with Crippen LogP contribution in [0, 0.1) is 13.8 Å². The van der Waals surface area contributed by atoms with Gasteiger partial charge in [-0.15, -0.1) is 0 Å². The lowest BCUT2D eigenvalue weighted by Gasteiger charge is -2.27.